The molecule has 0 unspecified atom stereocenters. The summed E-state index contributed by atoms with van der Waals surface area (Å²) in [6.07, 6.45) is -78.2. The highest BCUT2D eigenvalue weighted by Gasteiger charge is 2.63. The predicted molar refractivity (Wildman–Crippen MR) is 446 cm³/mol. The van der Waals surface area contributed by atoms with Crippen molar-refractivity contribution in [1.82, 2.24) is 53.2 Å². The smallest absolute Gasteiger partial charge is 0.217 e. The van der Waals surface area contributed by atoms with Crippen LogP contribution in [0.5, 0.6) is 0 Å². The van der Waals surface area contributed by atoms with Crippen LogP contribution < -0.4 is 53.2 Å². The van der Waals surface area contributed by atoms with Gasteiger partial charge in [0, 0.05) is 69.2 Å². The molecule has 0 aromatic rings. The molecule has 0 radical (unpaired) electrons. The van der Waals surface area contributed by atoms with Crippen molar-refractivity contribution in [3.63, 3.8) is 0 Å². The third-order valence-corrected chi connectivity index (χ3v) is 24.9. The molecule has 32 N–H and O–H groups in total. The Balaban J connectivity index is 0.830. The molecule has 61 heteroatoms. The maximum Gasteiger partial charge on any atom is 0.217 e. The summed E-state index contributed by atoms with van der Waals surface area (Å²) in [6, 6.07) is -18.2. The second-order valence-corrected chi connectivity index (χ2v) is 35.3. The van der Waals surface area contributed by atoms with E-state index in [4.69, 9.17) is 90.0 Å². The van der Waals surface area contributed by atoms with Gasteiger partial charge in [-0.1, -0.05) is 0 Å². The first-order valence-corrected chi connectivity index (χ1v) is 45.1. The van der Waals surface area contributed by atoms with Gasteiger partial charge in [0.05, 0.1) is 66.1 Å². The molecule has 0 bridgehead atoms. The summed E-state index contributed by atoms with van der Waals surface area (Å²) in [5.41, 5.74) is 0. The number of aliphatic hydroxyl groups excluding tert-OH is 22. The summed E-state index contributed by atoms with van der Waals surface area (Å²) in [4.78, 5) is 129. The average molecular weight is 2050 g/mol. The van der Waals surface area contributed by atoms with Crippen LogP contribution in [0, 0.1) is 0 Å². The fraction of sp³-hybridized carbons (Fsp3) is 0.875. The molecule has 10 aliphatic heterocycles. The van der Waals surface area contributed by atoms with Crippen molar-refractivity contribution in [2.24, 2.45) is 0 Å². The zero-order valence-corrected chi connectivity index (χ0v) is 77.6. The molecule has 0 saturated carbocycles. The van der Waals surface area contributed by atoms with Crippen molar-refractivity contribution in [1.29, 1.82) is 0 Å². The fourth-order valence-corrected chi connectivity index (χ4v) is 18.5. The van der Waals surface area contributed by atoms with Gasteiger partial charge in [-0.05, 0) is 0 Å². The third-order valence-electron chi connectivity index (χ3n) is 24.9. The summed E-state index contributed by atoms with van der Waals surface area (Å²) >= 11 is 0. The van der Waals surface area contributed by atoms with Crippen molar-refractivity contribution < 1.29 is 250 Å². The average Bonchev–Trinajstić information content (AvgIpc) is 0.762. The lowest BCUT2D eigenvalue weighted by molar-refractivity contribution is -0.375. The van der Waals surface area contributed by atoms with Crippen molar-refractivity contribution in [3.05, 3.63) is 0 Å². The Bertz CT molecular complexity index is 4000. The molecule has 141 heavy (non-hydrogen) atoms. The van der Waals surface area contributed by atoms with Crippen LogP contribution in [0.4, 0.5) is 0 Å². The molecule has 0 spiro atoms. The highest BCUT2D eigenvalue weighted by atomic mass is 16.8. The van der Waals surface area contributed by atoms with E-state index in [1.165, 1.54) is 0 Å². The van der Waals surface area contributed by atoms with E-state index in [-0.39, 0.29) is 0 Å². The van der Waals surface area contributed by atoms with Crippen LogP contribution in [0.3, 0.4) is 0 Å². The Morgan fingerprint density at radius 1 is 0.170 bits per heavy atom. The number of ether oxygens (including phenoxy) is 19. The zero-order valence-electron chi connectivity index (χ0n) is 77.6. The second kappa shape index (κ2) is 51.6. The molecule has 0 aromatic carbocycles. The number of aliphatic hydroxyl groups is 22. The van der Waals surface area contributed by atoms with E-state index < -0.39 is 432 Å². The largest absolute Gasteiger partial charge is 0.394 e. The number of hydrogen-bond donors (Lipinski definition) is 32. The van der Waals surface area contributed by atoms with E-state index in [0.29, 0.717) is 0 Å². The Morgan fingerprint density at radius 2 is 0.284 bits per heavy atom. The lowest BCUT2D eigenvalue weighted by Gasteiger charge is -2.52. The van der Waals surface area contributed by atoms with Gasteiger partial charge in [-0.15, -0.1) is 0 Å². The SMILES string of the molecule is CC(=O)N[C@@H]1[C@@H](O)[C@H](O[C@@H]2O[C@H](CO)[C@@H](O[C@@H]3O[C@H](CO)[C@@H](O[C@@H]4O[C@H](CO)[C@@H](O[C@@H]5O[C@H](CO)[C@@H](O[C@@H]6O[C@H](CO)[C@@H](O[C@@H]7O[C@H](CO)[C@@H](O[C@@H]8O[C@H](CO)[C@@H](O[C@@H]9O[C@H](CO)[C@@H](O[C@@H]%10O[C@H](CO)[C@@H](O)[C@H](O)[C@H]%10NC(C)=O)[C@H](O)[C@H]9NC(C)=O)[C@H](O)[C@H]8NC(C)=O)[C@H](O)[C@H]7NC(C)=O)[C@H](O)[C@H]6NC(C)=O)[C@H](O)[C@H]5NC(C)=O)[C@H](O)[C@H]4NC(C)=O)[C@H](O)[C@H]3NC(C)=O)[C@H](O)[C@H]2NC(C)=O)[C@@H](CO)O[C@H]1O. The van der Waals surface area contributed by atoms with Gasteiger partial charge in [0.15, 0.2) is 62.9 Å². The number of carbonyl (C=O) groups excluding carboxylic acids is 10. The zero-order chi connectivity index (χ0) is 104. The fourth-order valence-electron chi connectivity index (χ4n) is 18.5. The maximum absolute atomic E-state index is 13.2. The minimum Gasteiger partial charge on any atom is -0.394 e. The summed E-state index contributed by atoms with van der Waals surface area (Å²) in [5.74, 6) is -8.85. The lowest BCUT2D eigenvalue weighted by atomic mass is 9.92. The van der Waals surface area contributed by atoms with E-state index >= 15 is 0 Å². The van der Waals surface area contributed by atoms with Gasteiger partial charge < -0.3 is 256 Å². The molecule has 10 heterocycles. The number of nitrogens with one attached hydrogen (secondary N) is 10. The Labute approximate surface area is 801 Å². The molecular formula is C80H132N10O51. The van der Waals surface area contributed by atoms with Gasteiger partial charge in [0.1, 0.15) is 244 Å². The highest BCUT2D eigenvalue weighted by Crippen LogP contribution is 2.42. The summed E-state index contributed by atoms with van der Waals surface area (Å²) in [7, 11) is 0. The molecule has 10 rings (SSSR count). The standard InChI is InChI=1S/C80H132N10O51/c1-21(101)81-41-53(113)62(32(12-92)123-71(41)122)133-73-43(83-23(3)103)55(115)64(34(14-94)125-73)135-75-45(85-25(5)105)57(117)66(36(16-96)127-75)137-77-47(87-27(7)107)59(119)68(38(18-98)129-77)139-79-49(89-29(9)109)61(121)70(40(20-100)131-79)141-80-50(90-30(10)110)60(120)69(39(19-99)132-80)140-78-48(88-28(8)108)58(118)67(37(17-97)130-78)138-76-46(86-26(6)106)56(116)65(35(15-95)128-76)136-74-44(84-24(4)104)54(114)63(33(13-93)126-74)134-72-42(82-22(2)102)52(112)51(111)31(11-91)124-72/h31-80,91-100,111-122H,11-20H2,1-10H3,(H,81,101)(H,82,102)(H,83,103)(H,84,104)(H,85,105)(H,86,106)(H,87,107)(H,88,108)(H,89,109)(H,90,110)/t31-,32-,33-,34-,35-,36-,37-,38-,39-,40-,41-,42-,43-,44-,45-,46-,47-,48-,49-,50-,51-,52-,53-,54-,55-,56-,57-,58-,59-,60-,61-,62-,63-,64-,65-,66-,67-,68-,69-,70-,71-,72+,73+,74+,75+,76+,77+,78+,79+,80+/m1/s1. The van der Waals surface area contributed by atoms with Crippen molar-refractivity contribution in [3.8, 4) is 0 Å². The van der Waals surface area contributed by atoms with Crippen LogP contribution in [-0.4, -0.2) is 544 Å². The molecule has 0 aromatic heterocycles. The number of carbonyl (C=O) groups is 10. The highest BCUT2D eigenvalue weighted by molar-refractivity contribution is 5.77. The molecule has 61 nitrogen and oxygen atoms in total. The van der Waals surface area contributed by atoms with Gasteiger partial charge in [0.2, 0.25) is 59.1 Å². The third kappa shape index (κ3) is 27.4. The molecule has 0 aliphatic carbocycles. The monoisotopic (exact) mass is 2050 g/mol. The van der Waals surface area contributed by atoms with Gasteiger partial charge >= 0.3 is 0 Å². The van der Waals surface area contributed by atoms with Gasteiger partial charge in [0.25, 0.3) is 0 Å². The Hall–Kier alpha value is -6.94. The van der Waals surface area contributed by atoms with Gasteiger partial charge in [-0.25, -0.2) is 0 Å². The van der Waals surface area contributed by atoms with Crippen LogP contribution in [0.1, 0.15) is 69.2 Å². The number of amides is 10. The van der Waals surface area contributed by atoms with E-state index in [2.05, 4.69) is 53.2 Å². The van der Waals surface area contributed by atoms with E-state index in [1.807, 2.05) is 0 Å². The first-order valence-electron chi connectivity index (χ1n) is 45.1. The second-order valence-electron chi connectivity index (χ2n) is 35.3. The first kappa shape index (κ1) is 116. The summed E-state index contributed by atoms with van der Waals surface area (Å²) in [6.45, 7) is -1.08. The molecule has 10 amide bonds. The Kier molecular flexibility index (Phi) is 42.4. The van der Waals surface area contributed by atoms with Gasteiger partial charge in [-0.3, -0.25) is 47.9 Å². The maximum atomic E-state index is 13.2. The van der Waals surface area contributed by atoms with Crippen molar-refractivity contribution >= 4 is 59.1 Å². The molecule has 50 atom stereocenters. The predicted octanol–water partition coefficient (Wildman–Crippen LogP) is -21.4. The number of hydrogen-bond acceptors (Lipinski definition) is 51. The minimum absolute atomic E-state index is 0.742. The molecular weight excluding hydrogens is 1920 g/mol. The van der Waals surface area contributed by atoms with Crippen LogP contribution in [-0.2, 0) is 138 Å². The van der Waals surface area contributed by atoms with Crippen molar-refractivity contribution in [2.75, 3.05) is 66.1 Å². The molecule has 10 aliphatic rings. The van der Waals surface area contributed by atoms with Crippen LogP contribution >= 0.6 is 0 Å². The number of rotatable bonds is 38. The minimum atomic E-state index is -2.23. The topological polar surface area (TPSA) is 911 Å². The van der Waals surface area contributed by atoms with Crippen LogP contribution in [0.15, 0.2) is 0 Å². The van der Waals surface area contributed by atoms with Crippen molar-refractivity contribution in [2.45, 2.75) is 376 Å². The first-order chi connectivity index (χ1) is 66.6. The lowest BCUT2D eigenvalue weighted by Crippen LogP contribution is -2.73. The van der Waals surface area contributed by atoms with Crippen LogP contribution in [0.25, 0.3) is 0 Å². The van der Waals surface area contributed by atoms with E-state index in [9.17, 15) is 160 Å². The molecule has 10 saturated heterocycles. The quantitative estimate of drug-likeness (QED) is 0.0273. The van der Waals surface area contributed by atoms with Crippen LogP contribution in [0.2, 0.25) is 0 Å². The Morgan fingerprint density at radius 3 is 0.418 bits per heavy atom. The van der Waals surface area contributed by atoms with E-state index in [0.717, 1.165) is 69.2 Å². The normalized spacial score (nSPS) is 44.3. The molecule has 808 valence electrons. The summed E-state index contributed by atoms with van der Waals surface area (Å²) < 4.78 is 115. The van der Waals surface area contributed by atoms with Gasteiger partial charge in [-0.2, -0.15) is 0 Å². The summed E-state index contributed by atoms with van der Waals surface area (Å²) in [5, 5.41) is 274. The van der Waals surface area contributed by atoms with E-state index in [1.54, 1.807) is 0 Å². The molecule has 10 fully saturated rings.